The van der Waals surface area contributed by atoms with Crippen LogP contribution in [0.4, 0.5) is 5.69 Å². The maximum absolute atomic E-state index is 12.8. The number of rotatable bonds is 8. The van der Waals surface area contributed by atoms with Gasteiger partial charge in [-0.25, -0.2) is 4.68 Å². The van der Waals surface area contributed by atoms with Gasteiger partial charge >= 0.3 is 0 Å². The first-order valence-corrected chi connectivity index (χ1v) is 11.8. The Morgan fingerprint density at radius 2 is 2.09 bits per heavy atom. The van der Waals surface area contributed by atoms with Gasteiger partial charge in [0.05, 0.1) is 19.5 Å². The molecule has 0 amide bonds. The summed E-state index contributed by atoms with van der Waals surface area (Å²) in [5.74, 6) is 1.52. The van der Waals surface area contributed by atoms with Gasteiger partial charge in [-0.15, -0.1) is 5.10 Å². The highest BCUT2D eigenvalue weighted by molar-refractivity contribution is 5.58. The van der Waals surface area contributed by atoms with Crippen LogP contribution >= 0.6 is 0 Å². The summed E-state index contributed by atoms with van der Waals surface area (Å²) in [4.78, 5) is 19.3. The van der Waals surface area contributed by atoms with Gasteiger partial charge in [0, 0.05) is 48.8 Å². The van der Waals surface area contributed by atoms with E-state index >= 15 is 0 Å². The third-order valence-corrected chi connectivity index (χ3v) is 6.77. The number of nitrogens with one attached hydrogen (secondary N) is 1. The van der Waals surface area contributed by atoms with Crippen molar-refractivity contribution in [3.63, 3.8) is 0 Å². The van der Waals surface area contributed by atoms with Crippen LogP contribution in [0.15, 0.2) is 47.8 Å². The molecule has 5 rings (SSSR count). The third-order valence-electron chi connectivity index (χ3n) is 6.77. The molecule has 4 heterocycles. The second-order valence-electron chi connectivity index (χ2n) is 9.08. The lowest BCUT2D eigenvalue weighted by Crippen LogP contribution is -2.47. The van der Waals surface area contributed by atoms with Crippen LogP contribution in [0.25, 0.3) is 11.3 Å². The second kappa shape index (κ2) is 9.74. The van der Waals surface area contributed by atoms with Crippen molar-refractivity contribution in [2.75, 3.05) is 31.6 Å². The van der Waals surface area contributed by atoms with E-state index in [1.165, 1.54) is 25.7 Å². The summed E-state index contributed by atoms with van der Waals surface area (Å²) in [6.45, 7) is 3.38. The lowest BCUT2D eigenvalue weighted by Gasteiger charge is -2.36. The number of hydrogen-bond acceptors (Lipinski definition) is 7. The number of aromatic nitrogens is 5. The molecule has 174 valence electrons. The minimum Gasteiger partial charge on any atom is -0.495 e. The summed E-state index contributed by atoms with van der Waals surface area (Å²) in [5.41, 5.74) is 2.44. The van der Waals surface area contributed by atoms with Gasteiger partial charge in [-0.3, -0.25) is 14.3 Å². The minimum absolute atomic E-state index is 0.0443. The molecule has 1 saturated heterocycles. The van der Waals surface area contributed by atoms with Crippen LogP contribution in [-0.2, 0) is 6.67 Å². The molecule has 2 fully saturated rings. The summed E-state index contributed by atoms with van der Waals surface area (Å²) in [7, 11) is 1.60. The minimum atomic E-state index is -0.0443. The van der Waals surface area contributed by atoms with Crippen LogP contribution in [0.1, 0.15) is 32.1 Å². The topological polar surface area (TPSA) is 90.1 Å². The van der Waals surface area contributed by atoms with Crippen LogP contribution in [0.3, 0.4) is 0 Å². The van der Waals surface area contributed by atoms with Crippen LogP contribution in [0.5, 0.6) is 5.75 Å². The van der Waals surface area contributed by atoms with Crippen molar-refractivity contribution in [2.24, 2.45) is 5.92 Å². The number of nitrogens with zero attached hydrogens (tertiary/aromatic N) is 6. The Hall–Kier alpha value is -3.20. The van der Waals surface area contributed by atoms with Crippen molar-refractivity contribution in [3.8, 4) is 17.0 Å². The van der Waals surface area contributed by atoms with E-state index in [9.17, 15) is 4.79 Å². The Kier molecular flexibility index (Phi) is 6.39. The summed E-state index contributed by atoms with van der Waals surface area (Å²) in [6.07, 6.45) is 13.5. The van der Waals surface area contributed by atoms with Crippen LogP contribution in [-0.4, -0.2) is 57.3 Å². The summed E-state index contributed by atoms with van der Waals surface area (Å²) in [6, 6.07) is 6.12. The van der Waals surface area contributed by atoms with Crippen molar-refractivity contribution in [2.45, 2.75) is 44.8 Å². The van der Waals surface area contributed by atoms with Crippen molar-refractivity contribution < 1.29 is 4.74 Å². The van der Waals surface area contributed by atoms with E-state index in [0.29, 0.717) is 24.2 Å². The molecular weight excluding hydrogens is 418 g/mol. The Bertz CT molecular complexity index is 1140. The molecular formula is C24H31N7O2. The van der Waals surface area contributed by atoms with Gasteiger partial charge in [0.15, 0.2) is 0 Å². The highest BCUT2D eigenvalue weighted by atomic mass is 16.5. The van der Waals surface area contributed by atoms with Crippen molar-refractivity contribution in [3.05, 3.63) is 53.3 Å². The molecule has 9 heteroatoms. The number of piperidine rings is 1. The molecule has 3 aromatic rings. The lowest BCUT2D eigenvalue weighted by atomic mass is 9.85. The molecule has 1 aliphatic carbocycles. The summed E-state index contributed by atoms with van der Waals surface area (Å²) in [5, 5.41) is 12.1. The molecule has 1 N–H and O–H groups in total. The first kappa shape index (κ1) is 21.6. The van der Waals surface area contributed by atoms with E-state index in [4.69, 9.17) is 4.74 Å². The number of pyridine rings is 2. The Morgan fingerprint density at radius 1 is 1.18 bits per heavy atom. The van der Waals surface area contributed by atoms with E-state index in [0.717, 1.165) is 43.2 Å². The fraction of sp³-hybridized carbons (Fsp3) is 0.500. The van der Waals surface area contributed by atoms with Gasteiger partial charge in [-0.2, -0.15) is 0 Å². The molecule has 0 unspecified atom stereocenters. The quantitative estimate of drug-likeness (QED) is 0.565. The van der Waals surface area contributed by atoms with Crippen LogP contribution < -0.4 is 20.5 Å². The number of hydrogen-bond donors (Lipinski definition) is 1. The van der Waals surface area contributed by atoms with Crippen molar-refractivity contribution >= 4 is 5.69 Å². The zero-order chi connectivity index (χ0) is 22.6. The van der Waals surface area contributed by atoms with Gasteiger partial charge in [-0.1, -0.05) is 11.6 Å². The number of methoxy groups -OCH3 is 1. The van der Waals surface area contributed by atoms with E-state index < -0.39 is 0 Å². The average molecular weight is 450 g/mol. The Labute approximate surface area is 193 Å². The molecule has 0 aromatic carbocycles. The molecule has 1 atom stereocenters. The summed E-state index contributed by atoms with van der Waals surface area (Å²) >= 11 is 0. The van der Waals surface area contributed by atoms with Gasteiger partial charge in [0.2, 0.25) is 0 Å². The largest absolute Gasteiger partial charge is 0.495 e. The van der Waals surface area contributed by atoms with Gasteiger partial charge < -0.3 is 15.0 Å². The number of anilines is 1. The first-order valence-electron chi connectivity index (χ1n) is 11.8. The molecule has 0 bridgehead atoms. The monoisotopic (exact) mass is 449 g/mol. The average Bonchev–Trinajstić information content (AvgIpc) is 3.28. The third kappa shape index (κ3) is 5.08. The molecule has 33 heavy (non-hydrogen) atoms. The molecule has 9 nitrogen and oxygen atoms in total. The highest BCUT2D eigenvalue weighted by Crippen LogP contribution is 2.26. The van der Waals surface area contributed by atoms with Gasteiger partial charge in [-0.05, 0) is 50.3 Å². The van der Waals surface area contributed by atoms with E-state index in [2.05, 4.69) is 25.5 Å². The van der Waals surface area contributed by atoms with Gasteiger partial charge in [0.1, 0.15) is 18.1 Å². The maximum atomic E-state index is 12.8. The molecule has 0 spiro atoms. The summed E-state index contributed by atoms with van der Waals surface area (Å²) < 4.78 is 8.51. The standard InChI is InChI=1S/C24H31N7O2/c1-33-22-10-19(13-25-14-22)23-16-31(28-27-23)17-30-9-7-21(11-24(30)32)29-8-3-6-20(15-29)26-12-18-4-2-5-18/h7,9-11,13-14,16,18,20,26H,2-6,8,12,15,17H2,1H3/t20-/m1/s1. The lowest BCUT2D eigenvalue weighted by molar-refractivity contribution is 0.280. The number of ether oxygens (including phenoxy) is 1. The predicted molar refractivity (Wildman–Crippen MR) is 126 cm³/mol. The predicted octanol–water partition coefficient (Wildman–Crippen LogP) is 2.37. The van der Waals surface area contributed by atoms with E-state index in [-0.39, 0.29) is 5.56 Å². The Balaban J connectivity index is 1.23. The fourth-order valence-corrected chi connectivity index (χ4v) is 4.55. The van der Waals surface area contributed by atoms with Crippen molar-refractivity contribution in [1.29, 1.82) is 0 Å². The zero-order valence-electron chi connectivity index (χ0n) is 19.1. The molecule has 0 radical (unpaired) electrons. The molecule has 3 aromatic heterocycles. The van der Waals surface area contributed by atoms with Crippen LogP contribution in [0, 0.1) is 5.92 Å². The van der Waals surface area contributed by atoms with Gasteiger partial charge in [0.25, 0.3) is 5.56 Å². The van der Waals surface area contributed by atoms with Crippen LogP contribution in [0.2, 0.25) is 0 Å². The fourth-order valence-electron chi connectivity index (χ4n) is 4.55. The van der Waals surface area contributed by atoms with E-state index in [1.54, 1.807) is 41.0 Å². The van der Waals surface area contributed by atoms with E-state index in [1.807, 2.05) is 18.3 Å². The maximum Gasteiger partial charge on any atom is 0.254 e. The highest BCUT2D eigenvalue weighted by Gasteiger charge is 2.23. The first-order chi connectivity index (χ1) is 16.2. The molecule has 2 aliphatic rings. The smallest absolute Gasteiger partial charge is 0.254 e. The SMILES string of the molecule is COc1cncc(-c2cn(Cn3ccc(N4CCC[C@@H](NCC5CCC5)C4)cc3=O)nn2)c1. The molecule has 1 aliphatic heterocycles. The van der Waals surface area contributed by atoms with Crippen molar-refractivity contribution in [1.82, 2.24) is 29.9 Å². The zero-order valence-corrected chi connectivity index (χ0v) is 19.1. The molecule has 1 saturated carbocycles. The normalized spacial score (nSPS) is 18.8. The second-order valence-corrected chi connectivity index (χ2v) is 9.08. The Morgan fingerprint density at radius 3 is 2.88 bits per heavy atom.